The Morgan fingerprint density at radius 2 is 2.10 bits per heavy atom. The van der Waals surface area contributed by atoms with E-state index in [0.717, 1.165) is 17.7 Å². The normalized spacial score (nSPS) is 12.7. The van der Waals surface area contributed by atoms with Crippen LogP contribution in [0.1, 0.15) is 21.5 Å². The first kappa shape index (κ1) is 12.7. The summed E-state index contributed by atoms with van der Waals surface area (Å²) in [7, 11) is 1.46. The molecule has 3 rings (SSSR count). The summed E-state index contributed by atoms with van der Waals surface area (Å²) in [6.45, 7) is 0.635. The zero-order valence-electron chi connectivity index (χ0n) is 11.0. The molecule has 0 spiro atoms. The Bertz CT molecular complexity index is 679. The van der Waals surface area contributed by atoms with Gasteiger partial charge in [0.2, 0.25) is 0 Å². The summed E-state index contributed by atoms with van der Waals surface area (Å²) in [5, 5.41) is 0. The molecule has 0 N–H and O–H groups in total. The summed E-state index contributed by atoms with van der Waals surface area (Å²) in [5.74, 6) is 0.468. The second-order valence-corrected chi connectivity index (χ2v) is 4.59. The second kappa shape index (κ2) is 4.96. The van der Waals surface area contributed by atoms with Crippen LogP contribution < -0.4 is 9.47 Å². The molecule has 0 atom stereocenters. The van der Waals surface area contributed by atoms with Crippen LogP contribution in [0.25, 0.3) is 0 Å². The zero-order valence-corrected chi connectivity index (χ0v) is 11.0. The first-order valence-corrected chi connectivity index (χ1v) is 6.33. The number of carbonyl (C=O) groups is 1. The van der Waals surface area contributed by atoms with Gasteiger partial charge in [-0.15, -0.1) is 0 Å². The summed E-state index contributed by atoms with van der Waals surface area (Å²) in [6.07, 6.45) is 0.788. The van der Waals surface area contributed by atoms with Crippen molar-refractivity contribution in [3.63, 3.8) is 0 Å². The van der Waals surface area contributed by atoms with Crippen molar-refractivity contribution in [2.75, 3.05) is 13.7 Å². The molecule has 0 aliphatic carbocycles. The first-order chi connectivity index (χ1) is 9.69. The van der Waals surface area contributed by atoms with Crippen molar-refractivity contribution in [2.24, 2.45) is 0 Å². The Kier molecular flexibility index (Phi) is 3.14. The van der Waals surface area contributed by atoms with E-state index in [2.05, 4.69) is 0 Å². The Labute approximate surface area is 115 Å². The van der Waals surface area contributed by atoms with Gasteiger partial charge in [0, 0.05) is 12.0 Å². The lowest BCUT2D eigenvalue weighted by Crippen LogP contribution is -2.05. The number of methoxy groups -OCH3 is 1. The third kappa shape index (κ3) is 2.13. The van der Waals surface area contributed by atoms with Gasteiger partial charge in [0.05, 0.1) is 19.3 Å². The summed E-state index contributed by atoms with van der Waals surface area (Å²) >= 11 is 0. The fourth-order valence-corrected chi connectivity index (χ4v) is 2.34. The van der Waals surface area contributed by atoms with E-state index in [1.165, 1.54) is 25.3 Å². The van der Waals surface area contributed by atoms with Crippen molar-refractivity contribution in [1.29, 1.82) is 0 Å². The quantitative estimate of drug-likeness (QED) is 0.806. The molecule has 2 aromatic rings. The number of fused-ring (bicyclic) bond motifs is 1. The van der Waals surface area contributed by atoms with Gasteiger partial charge in [0.1, 0.15) is 17.3 Å². The Morgan fingerprint density at radius 3 is 2.90 bits per heavy atom. The molecule has 0 amide bonds. The second-order valence-electron chi connectivity index (χ2n) is 4.59. The van der Waals surface area contributed by atoms with Crippen molar-refractivity contribution in [3.8, 4) is 11.5 Å². The molecule has 0 fully saturated rings. The number of ether oxygens (including phenoxy) is 2. The predicted octanol–water partition coefficient (Wildman–Crippen LogP) is 3.00. The molecule has 0 radical (unpaired) electrons. The third-order valence-corrected chi connectivity index (χ3v) is 3.36. The van der Waals surface area contributed by atoms with Crippen LogP contribution in [0, 0.1) is 5.82 Å². The first-order valence-electron chi connectivity index (χ1n) is 6.33. The third-order valence-electron chi connectivity index (χ3n) is 3.36. The van der Waals surface area contributed by atoms with E-state index in [4.69, 9.17) is 9.47 Å². The average Bonchev–Trinajstić information content (AvgIpc) is 2.93. The minimum Gasteiger partial charge on any atom is -0.496 e. The maximum Gasteiger partial charge on any atom is 0.196 e. The van der Waals surface area contributed by atoms with Gasteiger partial charge in [0.25, 0.3) is 0 Å². The lowest BCUT2D eigenvalue weighted by atomic mass is 9.99. The number of rotatable bonds is 3. The van der Waals surface area contributed by atoms with Crippen LogP contribution in [0.5, 0.6) is 11.5 Å². The number of hydrogen-bond acceptors (Lipinski definition) is 3. The SMILES string of the molecule is COc1ccc(F)cc1C(=O)c1ccc2c(c1)CCO2. The molecular formula is C16H13FO3. The lowest BCUT2D eigenvalue weighted by molar-refractivity contribution is 0.103. The molecule has 20 heavy (non-hydrogen) atoms. The van der Waals surface area contributed by atoms with Gasteiger partial charge < -0.3 is 9.47 Å². The molecular weight excluding hydrogens is 259 g/mol. The standard InChI is InChI=1S/C16H13FO3/c1-19-15-5-3-12(17)9-13(15)16(18)11-2-4-14-10(8-11)6-7-20-14/h2-5,8-9H,6-7H2,1H3. The highest BCUT2D eigenvalue weighted by atomic mass is 19.1. The van der Waals surface area contributed by atoms with Crippen LogP contribution in [-0.2, 0) is 6.42 Å². The molecule has 0 unspecified atom stereocenters. The van der Waals surface area contributed by atoms with Crippen LogP contribution in [0.4, 0.5) is 4.39 Å². The van der Waals surface area contributed by atoms with E-state index in [-0.39, 0.29) is 11.3 Å². The van der Waals surface area contributed by atoms with Gasteiger partial charge in [-0.25, -0.2) is 4.39 Å². The topological polar surface area (TPSA) is 35.5 Å². The van der Waals surface area contributed by atoms with Crippen LogP contribution in [0.15, 0.2) is 36.4 Å². The van der Waals surface area contributed by atoms with E-state index in [1.807, 2.05) is 0 Å². The van der Waals surface area contributed by atoms with E-state index in [9.17, 15) is 9.18 Å². The van der Waals surface area contributed by atoms with E-state index < -0.39 is 5.82 Å². The molecule has 0 bridgehead atoms. The molecule has 1 heterocycles. The smallest absolute Gasteiger partial charge is 0.196 e. The summed E-state index contributed by atoms with van der Waals surface area (Å²) in [4.78, 5) is 12.5. The number of halogens is 1. The van der Waals surface area contributed by atoms with Gasteiger partial charge in [0.15, 0.2) is 5.78 Å². The summed E-state index contributed by atoms with van der Waals surface area (Å²) in [5.41, 5.74) is 1.75. The van der Waals surface area contributed by atoms with Crippen molar-refractivity contribution in [3.05, 3.63) is 58.9 Å². The van der Waals surface area contributed by atoms with Gasteiger partial charge in [-0.05, 0) is 42.0 Å². The highest BCUT2D eigenvalue weighted by Crippen LogP contribution is 2.28. The number of carbonyl (C=O) groups excluding carboxylic acids is 1. The zero-order chi connectivity index (χ0) is 14.1. The maximum absolute atomic E-state index is 13.4. The number of benzene rings is 2. The lowest BCUT2D eigenvalue weighted by Gasteiger charge is -2.08. The van der Waals surface area contributed by atoms with Crippen LogP contribution in [0.2, 0.25) is 0 Å². The van der Waals surface area contributed by atoms with Crippen molar-refractivity contribution in [1.82, 2.24) is 0 Å². The largest absolute Gasteiger partial charge is 0.496 e. The molecule has 0 saturated heterocycles. The van der Waals surface area contributed by atoms with Gasteiger partial charge >= 0.3 is 0 Å². The van der Waals surface area contributed by atoms with Gasteiger partial charge in [-0.1, -0.05) is 0 Å². The van der Waals surface area contributed by atoms with Gasteiger partial charge in [-0.2, -0.15) is 0 Å². The highest BCUT2D eigenvalue weighted by Gasteiger charge is 2.19. The molecule has 2 aromatic carbocycles. The molecule has 102 valence electrons. The van der Waals surface area contributed by atoms with Crippen molar-refractivity contribution in [2.45, 2.75) is 6.42 Å². The molecule has 4 heteroatoms. The fourth-order valence-electron chi connectivity index (χ4n) is 2.34. The monoisotopic (exact) mass is 272 g/mol. The minimum absolute atomic E-state index is 0.228. The molecule has 0 saturated carbocycles. The van der Waals surface area contributed by atoms with Gasteiger partial charge in [-0.3, -0.25) is 4.79 Å². The fraction of sp³-hybridized carbons (Fsp3) is 0.188. The summed E-state index contributed by atoms with van der Waals surface area (Å²) < 4.78 is 23.9. The van der Waals surface area contributed by atoms with Crippen LogP contribution >= 0.6 is 0 Å². The summed E-state index contributed by atoms with van der Waals surface area (Å²) in [6, 6.07) is 9.20. The minimum atomic E-state index is -0.460. The van der Waals surface area contributed by atoms with Crippen molar-refractivity contribution >= 4 is 5.78 Å². The number of hydrogen-bond donors (Lipinski definition) is 0. The highest BCUT2D eigenvalue weighted by molar-refractivity contribution is 6.10. The number of ketones is 1. The Hall–Kier alpha value is -2.36. The maximum atomic E-state index is 13.4. The molecule has 0 aromatic heterocycles. The van der Waals surface area contributed by atoms with Crippen molar-refractivity contribution < 1.29 is 18.7 Å². The van der Waals surface area contributed by atoms with E-state index in [1.54, 1.807) is 18.2 Å². The molecule has 3 nitrogen and oxygen atoms in total. The van der Waals surface area contributed by atoms with Crippen LogP contribution in [0.3, 0.4) is 0 Å². The Balaban J connectivity index is 2.02. The molecule has 1 aliphatic rings. The predicted molar refractivity (Wildman–Crippen MR) is 72.0 cm³/mol. The van der Waals surface area contributed by atoms with E-state index in [0.29, 0.717) is 17.9 Å². The van der Waals surface area contributed by atoms with E-state index >= 15 is 0 Å². The Morgan fingerprint density at radius 1 is 1.25 bits per heavy atom. The van der Waals surface area contributed by atoms with Crippen LogP contribution in [-0.4, -0.2) is 19.5 Å². The average molecular weight is 272 g/mol. The molecule has 1 aliphatic heterocycles.